The standard InChI is InChI=1S/C27H42O2/c1-7-8-9-10-11-12-15-26(3,4)20-17-23(28)25-21-16-19(2)13-14-22(21)27(5,6)29-24(25)18-20/h13,17-18,21-22,28H,7-12,14-16H2,1-6H3/t21-,22-/m1/s1. The van der Waals surface area contributed by atoms with Gasteiger partial charge in [0.1, 0.15) is 17.1 Å². The average Bonchev–Trinajstić information content (AvgIpc) is 2.63. The summed E-state index contributed by atoms with van der Waals surface area (Å²) in [6, 6.07) is 4.26. The average molecular weight is 399 g/mol. The van der Waals surface area contributed by atoms with Crippen molar-refractivity contribution in [3.63, 3.8) is 0 Å². The smallest absolute Gasteiger partial charge is 0.127 e. The Bertz CT molecular complexity index is 741. The summed E-state index contributed by atoms with van der Waals surface area (Å²) in [7, 11) is 0. The third-order valence-electron chi connectivity index (χ3n) is 7.44. The van der Waals surface area contributed by atoms with E-state index in [4.69, 9.17) is 4.74 Å². The van der Waals surface area contributed by atoms with Crippen molar-refractivity contribution in [1.82, 2.24) is 0 Å². The first-order valence-corrected chi connectivity index (χ1v) is 11.9. The fourth-order valence-electron chi connectivity index (χ4n) is 5.45. The van der Waals surface area contributed by atoms with Crippen LogP contribution in [0.3, 0.4) is 0 Å². The third kappa shape index (κ3) is 4.84. The summed E-state index contributed by atoms with van der Waals surface area (Å²) in [5.41, 5.74) is 3.52. The van der Waals surface area contributed by atoms with Gasteiger partial charge in [0.05, 0.1) is 0 Å². The van der Waals surface area contributed by atoms with Crippen molar-refractivity contribution in [2.75, 3.05) is 0 Å². The van der Waals surface area contributed by atoms with Gasteiger partial charge in [-0.1, -0.05) is 70.9 Å². The van der Waals surface area contributed by atoms with Crippen LogP contribution >= 0.6 is 0 Å². The molecule has 0 fully saturated rings. The van der Waals surface area contributed by atoms with E-state index < -0.39 is 0 Å². The van der Waals surface area contributed by atoms with Crippen LogP contribution in [0.2, 0.25) is 0 Å². The number of phenolic OH excluding ortho intramolecular Hbond substituents is 1. The molecule has 1 heterocycles. The highest BCUT2D eigenvalue weighted by Crippen LogP contribution is 2.54. The van der Waals surface area contributed by atoms with Gasteiger partial charge < -0.3 is 9.84 Å². The molecule has 29 heavy (non-hydrogen) atoms. The van der Waals surface area contributed by atoms with Crippen LogP contribution in [0, 0.1) is 5.92 Å². The van der Waals surface area contributed by atoms with E-state index in [9.17, 15) is 5.11 Å². The molecular weight excluding hydrogens is 356 g/mol. The third-order valence-corrected chi connectivity index (χ3v) is 7.44. The number of rotatable bonds is 8. The zero-order valence-corrected chi connectivity index (χ0v) is 19.6. The highest BCUT2D eigenvalue weighted by molar-refractivity contribution is 5.54. The monoisotopic (exact) mass is 398 g/mol. The molecule has 1 aromatic rings. The normalized spacial score (nSPS) is 23.0. The number of benzene rings is 1. The Hall–Kier alpha value is -1.44. The molecule has 0 saturated heterocycles. The number of ether oxygens (including phenoxy) is 1. The SMILES string of the molecule is CCCCCCCCC(C)(C)c1cc(O)c2c(c1)OC(C)(C)[C@@H]1CC=C(C)C[C@@H]21. The summed E-state index contributed by atoms with van der Waals surface area (Å²) in [5, 5.41) is 11.1. The van der Waals surface area contributed by atoms with Crippen molar-refractivity contribution in [2.24, 2.45) is 5.92 Å². The van der Waals surface area contributed by atoms with Crippen molar-refractivity contribution < 1.29 is 9.84 Å². The van der Waals surface area contributed by atoms with Gasteiger partial charge in [0.25, 0.3) is 0 Å². The molecule has 162 valence electrons. The molecule has 0 spiro atoms. The largest absolute Gasteiger partial charge is 0.508 e. The van der Waals surface area contributed by atoms with Crippen LogP contribution in [0.5, 0.6) is 11.5 Å². The summed E-state index contributed by atoms with van der Waals surface area (Å²) in [6.45, 7) is 13.5. The minimum absolute atomic E-state index is 0.0456. The van der Waals surface area contributed by atoms with Gasteiger partial charge in [0.15, 0.2) is 0 Å². The van der Waals surface area contributed by atoms with Crippen molar-refractivity contribution in [3.8, 4) is 11.5 Å². The van der Waals surface area contributed by atoms with E-state index in [0.717, 1.165) is 30.6 Å². The fraction of sp³-hybridized carbons (Fsp3) is 0.704. The van der Waals surface area contributed by atoms with Gasteiger partial charge in [-0.25, -0.2) is 0 Å². The lowest BCUT2D eigenvalue weighted by atomic mass is 9.66. The van der Waals surface area contributed by atoms with Crippen molar-refractivity contribution in [3.05, 3.63) is 34.9 Å². The Morgan fingerprint density at radius 3 is 2.52 bits per heavy atom. The molecule has 0 bridgehead atoms. The summed E-state index contributed by atoms with van der Waals surface area (Å²) < 4.78 is 6.52. The Morgan fingerprint density at radius 1 is 1.10 bits per heavy atom. The van der Waals surface area contributed by atoms with E-state index in [0.29, 0.717) is 17.6 Å². The van der Waals surface area contributed by atoms with Gasteiger partial charge in [-0.05, 0) is 63.1 Å². The second-order valence-corrected chi connectivity index (χ2v) is 10.7. The number of hydrogen-bond donors (Lipinski definition) is 1. The van der Waals surface area contributed by atoms with Gasteiger partial charge in [-0.3, -0.25) is 0 Å². The van der Waals surface area contributed by atoms with Gasteiger partial charge in [0, 0.05) is 17.4 Å². The van der Waals surface area contributed by atoms with Crippen molar-refractivity contribution >= 4 is 0 Å². The maximum absolute atomic E-state index is 11.1. The van der Waals surface area contributed by atoms with Crippen LogP contribution in [-0.2, 0) is 5.41 Å². The summed E-state index contributed by atoms with van der Waals surface area (Å²) >= 11 is 0. The minimum atomic E-state index is -0.205. The number of aromatic hydroxyl groups is 1. The highest BCUT2D eigenvalue weighted by atomic mass is 16.5. The number of fused-ring (bicyclic) bond motifs is 3. The van der Waals surface area contributed by atoms with E-state index in [1.165, 1.54) is 49.7 Å². The molecule has 0 radical (unpaired) electrons. The zero-order chi connectivity index (χ0) is 21.2. The predicted octanol–water partition coefficient (Wildman–Crippen LogP) is 8.03. The number of allylic oxidation sites excluding steroid dienone is 2. The predicted molar refractivity (Wildman–Crippen MR) is 123 cm³/mol. The quantitative estimate of drug-likeness (QED) is 0.355. The summed E-state index contributed by atoms with van der Waals surface area (Å²) in [4.78, 5) is 0. The first-order valence-electron chi connectivity index (χ1n) is 11.9. The Kier molecular flexibility index (Phi) is 6.70. The first-order chi connectivity index (χ1) is 13.7. The van der Waals surface area contributed by atoms with E-state index in [2.05, 4.69) is 53.7 Å². The lowest BCUT2D eigenvalue weighted by Gasteiger charge is -2.47. The lowest BCUT2D eigenvalue weighted by Crippen LogP contribution is -2.45. The fourth-order valence-corrected chi connectivity index (χ4v) is 5.45. The molecule has 2 heteroatoms. The van der Waals surface area contributed by atoms with Crippen LogP contribution in [0.1, 0.15) is 116 Å². The molecule has 2 aliphatic rings. The maximum Gasteiger partial charge on any atom is 0.127 e. The Labute approximate surface area is 178 Å². The van der Waals surface area contributed by atoms with E-state index in [1.54, 1.807) is 0 Å². The molecule has 2 atom stereocenters. The molecule has 0 unspecified atom stereocenters. The van der Waals surface area contributed by atoms with E-state index in [-0.39, 0.29) is 11.0 Å². The van der Waals surface area contributed by atoms with E-state index in [1.807, 2.05) is 6.07 Å². The van der Waals surface area contributed by atoms with Gasteiger partial charge in [-0.15, -0.1) is 0 Å². The number of phenols is 1. The van der Waals surface area contributed by atoms with Crippen molar-refractivity contribution in [2.45, 2.75) is 116 Å². The van der Waals surface area contributed by atoms with Crippen LogP contribution < -0.4 is 4.74 Å². The summed E-state index contributed by atoms with van der Waals surface area (Å²) in [6.07, 6.45) is 13.5. The summed E-state index contributed by atoms with van der Waals surface area (Å²) in [5.74, 6) is 2.13. The Balaban J connectivity index is 1.80. The molecule has 1 aliphatic heterocycles. The van der Waals surface area contributed by atoms with Crippen LogP contribution in [0.15, 0.2) is 23.8 Å². The van der Waals surface area contributed by atoms with Gasteiger partial charge >= 0.3 is 0 Å². The van der Waals surface area contributed by atoms with Gasteiger partial charge in [0.2, 0.25) is 0 Å². The molecule has 0 saturated carbocycles. The second-order valence-electron chi connectivity index (χ2n) is 10.7. The molecule has 1 N–H and O–H groups in total. The Morgan fingerprint density at radius 2 is 1.79 bits per heavy atom. The van der Waals surface area contributed by atoms with Crippen LogP contribution in [0.25, 0.3) is 0 Å². The zero-order valence-electron chi connectivity index (χ0n) is 19.6. The molecule has 1 aliphatic carbocycles. The van der Waals surface area contributed by atoms with E-state index >= 15 is 0 Å². The highest BCUT2D eigenvalue weighted by Gasteiger charge is 2.46. The molecule has 0 aromatic heterocycles. The maximum atomic E-state index is 11.1. The number of unbranched alkanes of at least 4 members (excludes halogenated alkanes) is 5. The van der Waals surface area contributed by atoms with Crippen molar-refractivity contribution in [1.29, 1.82) is 0 Å². The topological polar surface area (TPSA) is 29.5 Å². The second kappa shape index (κ2) is 8.74. The molecule has 0 amide bonds. The molecule has 3 rings (SSSR count). The van der Waals surface area contributed by atoms with Crippen LogP contribution in [0.4, 0.5) is 0 Å². The van der Waals surface area contributed by atoms with Crippen LogP contribution in [-0.4, -0.2) is 10.7 Å². The molecule has 2 nitrogen and oxygen atoms in total. The lowest BCUT2D eigenvalue weighted by molar-refractivity contribution is 0.00741. The molecule has 1 aromatic carbocycles. The first kappa shape index (κ1) is 22.2. The molecular formula is C27H42O2. The van der Waals surface area contributed by atoms with Gasteiger partial charge in [-0.2, -0.15) is 0 Å². The number of hydrogen-bond acceptors (Lipinski definition) is 2. The minimum Gasteiger partial charge on any atom is -0.508 e.